The predicted molar refractivity (Wildman–Crippen MR) is 82.0 cm³/mol. The van der Waals surface area contributed by atoms with E-state index in [9.17, 15) is 4.79 Å². The van der Waals surface area contributed by atoms with Crippen molar-refractivity contribution in [1.29, 1.82) is 0 Å². The summed E-state index contributed by atoms with van der Waals surface area (Å²) >= 11 is 0. The Labute approximate surface area is 126 Å². The SMILES string of the molecule is CCC1(C(=O)NCc2c(C)nn(C)c2C)CCCN1.Cl. The highest BCUT2D eigenvalue weighted by Gasteiger charge is 2.38. The van der Waals surface area contributed by atoms with Crippen LogP contribution in [-0.4, -0.2) is 27.8 Å². The van der Waals surface area contributed by atoms with Gasteiger partial charge in [0.15, 0.2) is 0 Å². The molecule has 1 unspecified atom stereocenters. The summed E-state index contributed by atoms with van der Waals surface area (Å²) in [5.41, 5.74) is 2.87. The molecule has 2 rings (SSSR count). The Morgan fingerprint density at radius 1 is 1.50 bits per heavy atom. The minimum absolute atomic E-state index is 0. The Hall–Kier alpha value is -1.07. The molecule has 2 heterocycles. The molecule has 1 aromatic rings. The molecular weight excluding hydrogens is 276 g/mol. The van der Waals surface area contributed by atoms with Crippen molar-refractivity contribution in [3.8, 4) is 0 Å². The Bertz CT molecular complexity index is 478. The van der Waals surface area contributed by atoms with E-state index in [1.165, 1.54) is 0 Å². The second-order valence-electron chi connectivity index (χ2n) is 5.42. The Morgan fingerprint density at radius 2 is 2.20 bits per heavy atom. The van der Waals surface area contributed by atoms with Gasteiger partial charge in [-0.05, 0) is 39.7 Å². The molecule has 0 radical (unpaired) electrons. The van der Waals surface area contributed by atoms with E-state index in [1.54, 1.807) is 0 Å². The molecule has 1 aromatic heterocycles. The molecule has 1 aliphatic rings. The van der Waals surface area contributed by atoms with E-state index in [4.69, 9.17) is 0 Å². The zero-order valence-corrected chi connectivity index (χ0v) is 13.6. The highest BCUT2D eigenvalue weighted by Crippen LogP contribution is 2.23. The number of halogens is 1. The molecule has 0 spiro atoms. The molecule has 0 aliphatic carbocycles. The molecule has 6 heteroatoms. The third kappa shape index (κ3) is 2.99. The van der Waals surface area contributed by atoms with Crippen molar-refractivity contribution in [2.75, 3.05) is 6.54 Å². The fourth-order valence-corrected chi connectivity index (χ4v) is 2.87. The number of carbonyl (C=O) groups excluding carboxylic acids is 1. The highest BCUT2D eigenvalue weighted by molar-refractivity contribution is 5.86. The van der Waals surface area contributed by atoms with Crippen molar-refractivity contribution in [3.63, 3.8) is 0 Å². The second-order valence-corrected chi connectivity index (χ2v) is 5.42. The summed E-state index contributed by atoms with van der Waals surface area (Å²) in [7, 11) is 1.93. The zero-order chi connectivity index (χ0) is 14.0. The number of hydrogen-bond acceptors (Lipinski definition) is 3. The average Bonchev–Trinajstić information content (AvgIpc) is 2.95. The Morgan fingerprint density at radius 3 is 2.65 bits per heavy atom. The molecule has 2 N–H and O–H groups in total. The molecule has 0 bridgehead atoms. The molecule has 0 saturated carbocycles. The standard InChI is InChI=1S/C14H24N4O.ClH/c1-5-14(7-6-8-16-14)13(19)15-9-12-10(2)17-18(4)11(12)3;/h16H,5-9H2,1-4H3,(H,15,19);1H. The van der Waals surface area contributed by atoms with Crippen molar-refractivity contribution >= 4 is 18.3 Å². The number of nitrogens with zero attached hydrogens (tertiary/aromatic N) is 2. The first-order valence-electron chi connectivity index (χ1n) is 7.02. The summed E-state index contributed by atoms with van der Waals surface area (Å²) in [5, 5.41) is 10.8. The minimum atomic E-state index is -0.357. The first kappa shape index (κ1) is 17.0. The van der Waals surface area contributed by atoms with Crippen LogP contribution in [0.25, 0.3) is 0 Å². The number of amides is 1. The monoisotopic (exact) mass is 300 g/mol. The fourth-order valence-electron chi connectivity index (χ4n) is 2.87. The predicted octanol–water partition coefficient (Wildman–Crippen LogP) is 1.61. The first-order chi connectivity index (χ1) is 9.00. The van der Waals surface area contributed by atoms with Crippen molar-refractivity contribution in [1.82, 2.24) is 20.4 Å². The smallest absolute Gasteiger partial charge is 0.240 e. The quantitative estimate of drug-likeness (QED) is 0.888. The molecule has 20 heavy (non-hydrogen) atoms. The molecule has 114 valence electrons. The van der Waals surface area contributed by atoms with Gasteiger partial charge in [0.05, 0.1) is 11.2 Å². The second kappa shape index (κ2) is 6.59. The lowest BCUT2D eigenvalue weighted by Crippen LogP contribution is -2.52. The molecule has 1 saturated heterocycles. The number of aryl methyl sites for hydroxylation is 2. The first-order valence-corrected chi connectivity index (χ1v) is 7.02. The van der Waals surface area contributed by atoms with Crippen molar-refractivity contribution in [2.24, 2.45) is 7.05 Å². The van der Waals surface area contributed by atoms with Crippen LogP contribution in [0.2, 0.25) is 0 Å². The van der Waals surface area contributed by atoms with Gasteiger partial charge in [0.2, 0.25) is 5.91 Å². The van der Waals surface area contributed by atoms with E-state index in [0.717, 1.165) is 42.8 Å². The topological polar surface area (TPSA) is 59.0 Å². The van der Waals surface area contributed by atoms with E-state index in [0.29, 0.717) is 6.54 Å². The van der Waals surface area contributed by atoms with E-state index in [1.807, 2.05) is 25.6 Å². The van der Waals surface area contributed by atoms with Gasteiger partial charge in [0.25, 0.3) is 0 Å². The largest absolute Gasteiger partial charge is 0.350 e. The maximum absolute atomic E-state index is 12.4. The number of hydrogen-bond donors (Lipinski definition) is 2. The van der Waals surface area contributed by atoms with Crippen LogP contribution < -0.4 is 10.6 Å². The normalized spacial score (nSPS) is 21.6. The fraction of sp³-hybridized carbons (Fsp3) is 0.714. The van der Waals surface area contributed by atoms with Gasteiger partial charge in [-0.3, -0.25) is 9.48 Å². The maximum atomic E-state index is 12.4. The van der Waals surface area contributed by atoms with Crippen LogP contribution in [-0.2, 0) is 18.4 Å². The number of nitrogens with one attached hydrogen (secondary N) is 2. The van der Waals surface area contributed by atoms with Gasteiger partial charge in [0, 0.05) is 24.8 Å². The van der Waals surface area contributed by atoms with Crippen molar-refractivity contribution in [3.05, 3.63) is 17.0 Å². The summed E-state index contributed by atoms with van der Waals surface area (Å²) in [6.45, 7) is 7.58. The van der Waals surface area contributed by atoms with Crippen LogP contribution in [0.5, 0.6) is 0 Å². The third-order valence-electron chi connectivity index (χ3n) is 4.37. The van der Waals surface area contributed by atoms with Crippen LogP contribution in [0.1, 0.15) is 43.1 Å². The van der Waals surface area contributed by atoms with E-state index in [-0.39, 0.29) is 23.9 Å². The summed E-state index contributed by atoms with van der Waals surface area (Å²) in [6, 6.07) is 0. The van der Waals surface area contributed by atoms with Crippen molar-refractivity contribution in [2.45, 2.75) is 52.1 Å². The molecule has 1 aliphatic heterocycles. The van der Waals surface area contributed by atoms with Gasteiger partial charge >= 0.3 is 0 Å². The summed E-state index contributed by atoms with van der Waals surface area (Å²) in [5.74, 6) is 0.121. The molecule has 1 fully saturated rings. The minimum Gasteiger partial charge on any atom is -0.350 e. The molecule has 1 atom stereocenters. The van der Waals surface area contributed by atoms with Crippen LogP contribution in [0.15, 0.2) is 0 Å². The van der Waals surface area contributed by atoms with E-state index in [2.05, 4.69) is 22.7 Å². The van der Waals surface area contributed by atoms with Gasteiger partial charge in [-0.15, -0.1) is 12.4 Å². The lowest BCUT2D eigenvalue weighted by atomic mass is 9.93. The summed E-state index contributed by atoms with van der Waals surface area (Å²) < 4.78 is 1.86. The van der Waals surface area contributed by atoms with Crippen LogP contribution in [0, 0.1) is 13.8 Å². The third-order valence-corrected chi connectivity index (χ3v) is 4.37. The average molecular weight is 301 g/mol. The van der Waals surface area contributed by atoms with Crippen LogP contribution in [0.3, 0.4) is 0 Å². The summed E-state index contributed by atoms with van der Waals surface area (Å²) in [6.07, 6.45) is 2.84. The van der Waals surface area contributed by atoms with Gasteiger partial charge in [-0.25, -0.2) is 0 Å². The van der Waals surface area contributed by atoms with Gasteiger partial charge in [-0.1, -0.05) is 6.92 Å². The van der Waals surface area contributed by atoms with E-state index < -0.39 is 0 Å². The number of aromatic nitrogens is 2. The summed E-state index contributed by atoms with van der Waals surface area (Å²) in [4.78, 5) is 12.4. The number of rotatable bonds is 4. The lowest BCUT2D eigenvalue weighted by molar-refractivity contribution is -0.127. The molecular formula is C14H25ClN4O. The van der Waals surface area contributed by atoms with Crippen LogP contribution in [0.4, 0.5) is 0 Å². The Kier molecular flexibility index (Phi) is 5.59. The molecule has 0 aromatic carbocycles. The molecule has 5 nitrogen and oxygen atoms in total. The number of carbonyl (C=O) groups is 1. The Balaban J connectivity index is 0.00000200. The van der Waals surface area contributed by atoms with Gasteiger partial charge in [-0.2, -0.15) is 5.10 Å². The van der Waals surface area contributed by atoms with Gasteiger partial charge in [0.1, 0.15) is 0 Å². The maximum Gasteiger partial charge on any atom is 0.240 e. The zero-order valence-electron chi connectivity index (χ0n) is 12.7. The molecule has 1 amide bonds. The van der Waals surface area contributed by atoms with E-state index >= 15 is 0 Å². The van der Waals surface area contributed by atoms with Crippen molar-refractivity contribution < 1.29 is 4.79 Å². The lowest BCUT2D eigenvalue weighted by Gasteiger charge is -2.26. The van der Waals surface area contributed by atoms with Crippen LogP contribution >= 0.6 is 12.4 Å². The van der Waals surface area contributed by atoms with Gasteiger partial charge < -0.3 is 10.6 Å². The highest BCUT2D eigenvalue weighted by atomic mass is 35.5.